The fraction of sp³-hybridized carbons (Fsp3) is 0.240. The molecule has 0 aliphatic carbocycles. The number of carboxylic acids is 1. The van der Waals surface area contributed by atoms with Gasteiger partial charge in [-0.25, -0.2) is 9.59 Å². The van der Waals surface area contributed by atoms with Crippen LogP contribution >= 0.6 is 34.5 Å². The van der Waals surface area contributed by atoms with E-state index < -0.39 is 18.0 Å². The third-order valence-electron chi connectivity index (χ3n) is 5.99. The van der Waals surface area contributed by atoms with Crippen LogP contribution in [0.4, 0.5) is 10.5 Å². The van der Waals surface area contributed by atoms with Crippen LogP contribution in [-0.2, 0) is 0 Å². The molecule has 2 aromatic carbocycles. The number of rotatable bonds is 6. The van der Waals surface area contributed by atoms with Crippen LogP contribution < -0.4 is 4.90 Å². The molecule has 4 rings (SSSR count). The molecule has 1 saturated heterocycles. The van der Waals surface area contributed by atoms with E-state index in [1.807, 2.05) is 30.3 Å². The largest absolute Gasteiger partial charge is 0.477 e. The molecule has 35 heavy (non-hydrogen) atoms. The lowest BCUT2D eigenvalue weighted by molar-refractivity contribution is 0.0702. The third-order valence-corrected chi connectivity index (χ3v) is 7.70. The van der Waals surface area contributed by atoms with Crippen LogP contribution in [0.1, 0.15) is 32.9 Å². The van der Waals surface area contributed by atoms with Gasteiger partial charge in [-0.1, -0.05) is 53.5 Å². The summed E-state index contributed by atoms with van der Waals surface area (Å²) < 4.78 is 0. The van der Waals surface area contributed by atoms with Crippen LogP contribution in [0.3, 0.4) is 0 Å². The molecule has 1 aliphatic heterocycles. The zero-order valence-electron chi connectivity index (χ0n) is 18.5. The third kappa shape index (κ3) is 5.61. The van der Waals surface area contributed by atoms with Crippen molar-refractivity contribution in [3.8, 4) is 10.4 Å². The van der Waals surface area contributed by atoms with Gasteiger partial charge in [0.25, 0.3) is 5.91 Å². The second-order valence-corrected chi connectivity index (χ2v) is 10.1. The van der Waals surface area contributed by atoms with Crippen molar-refractivity contribution in [2.75, 3.05) is 24.5 Å². The fourth-order valence-electron chi connectivity index (χ4n) is 4.14. The molecule has 1 aromatic heterocycles. The summed E-state index contributed by atoms with van der Waals surface area (Å²) >= 11 is 13.5. The van der Waals surface area contributed by atoms with Gasteiger partial charge in [0.1, 0.15) is 4.88 Å². The van der Waals surface area contributed by atoms with Gasteiger partial charge in [0.2, 0.25) is 0 Å². The number of nitrogens with zero attached hydrogens (tertiary/aromatic N) is 2. The molecule has 1 fully saturated rings. The van der Waals surface area contributed by atoms with Crippen molar-refractivity contribution in [2.24, 2.45) is 5.92 Å². The van der Waals surface area contributed by atoms with Crippen molar-refractivity contribution in [1.82, 2.24) is 4.90 Å². The molecular formula is C25H22Cl2N2O5S. The Morgan fingerprint density at radius 1 is 1.00 bits per heavy atom. The van der Waals surface area contributed by atoms with Gasteiger partial charge in [0.05, 0.1) is 16.3 Å². The first-order valence-corrected chi connectivity index (χ1v) is 12.5. The summed E-state index contributed by atoms with van der Waals surface area (Å²) in [4.78, 5) is 40.8. The number of aromatic carboxylic acids is 1. The highest BCUT2D eigenvalue weighted by atomic mass is 35.5. The Kier molecular flexibility index (Phi) is 7.64. The maximum Gasteiger partial charge on any atom is 0.407 e. The summed E-state index contributed by atoms with van der Waals surface area (Å²) in [6.45, 7) is 0.944. The van der Waals surface area contributed by atoms with Crippen LogP contribution in [0.25, 0.3) is 10.4 Å². The standard InChI is InChI=1S/C25H22Cl2N2O5S/c26-17-6-7-18(19(27)12-17)23(30)29(14-15-8-10-28(11-9-15)25(33)34)20-13-21(35-22(20)24(31)32)16-4-2-1-3-5-16/h1-7,12-13,15H,8-11,14H2,(H,31,32)(H,33,34). The molecule has 1 aliphatic rings. The minimum Gasteiger partial charge on any atom is -0.477 e. The van der Waals surface area contributed by atoms with Crippen molar-refractivity contribution in [3.05, 3.63) is 75.1 Å². The van der Waals surface area contributed by atoms with Crippen molar-refractivity contribution in [1.29, 1.82) is 0 Å². The number of hydrogen-bond acceptors (Lipinski definition) is 4. The van der Waals surface area contributed by atoms with Crippen molar-refractivity contribution in [2.45, 2.75) is 12.8 Å². The predicted octanol–water partition coefficient (Wildman–Crippen LogP) is 6.46. The van der Waals surface area contributed by atoms with E-state index in [0.29, 0.717) is 31.0 Å². The number of amides is 2. The molecule has 2 amide bonds. The Morgan fingerprint density at radius 2 is 1.69 bits per heavy atom. The normalized spacial score (nSPS) is 14.1. The molecule has 0 saturated carbocycles. The number of anilines is 1. The predicted molar refractivity (Wildman–Crippen MR) is 137 cm³/mol. The number of hydrogen-bond donors (Lipinski definition) is 2. The van der Waals surface area contributed by atoms with E-state index in [9.17, 15) is 24.6 Å². The number of piperidine rings is 1. The summed E-state index contributed by atoms with van der Waals surface area (Å²) in [5.41, 5.74) is 1.35. The van der Waals surface area contributed by atoms with Gasteiger partial charge in [-0.2, -0.15) is 0 Å². The average Bonchev–Trinajstić information content (AvgIpc) is 3.29. The van der Waals surface area contributed by atoms with E-state index in [-0.39, 0.29) is 33.6 Å². The summed E-state index contributed by atoms with van der Waals surface area (Å²) in [6.07, 6.45) is 0.146. The molecule has 2 heterocycles. The van der Waals surface area contributed by atoms with Gasteiger partial charge >= 0.3 is 12.1 Å². The van der Waals surface area contributed by atoms with Crippen molar-refractivity contribution in [3.63, 3.8) is 0 Å². The smallest absolute Gasteiger partial charge is 0.407 e. The Labute approximate surface area is 216 Å². The minimum atomic E-state index is -1.13. The number of halogens is 2. The minimum absolute atomic E-state index is 0.0117. The van der Waals surface area contributed by atoms with Crippen LogP contribution in [0.2, 0.25) is 10.0 Å². The SMILES string of the molecule is O=C(O)c1sc(-c2ccccc2)cc1N(CC1CCN(C(=O)O)CC1)C(=O)c1ccc(Cl)cc1Cl. The van der Waals surface area contributed by atoms with Gasteiger partial charge in [-0.3, -0.25) is 4.79 Å². The van der Waals surface area contributed by atoms with E-state index in [4.69, 9.17) is 23.2 Å². The average molecular weight is 533 g/mol. The molecule has 7 nitrogen and oxygen atoms in total. The molecule has 10 heteroatoms. The van der Waals surface area contributed by atoms with Gasteiger partial charge in [-0.15, -0.1) is 11.3 Å². The lowest BCUT2D eigenvalue weighted by Gasteiger charge is -2.33. The summed E-state index contributed by atoms with van der Waals surface area (Å²) in [7, 11) is 0. The Balaban J connectivity index is 1.74. The highest BCUT2D eigenvalue weighted by molar-refractivity contribution is 7.18. The first-order chi connectivity index (χ1) is 16.7. The fourth-order valence-corrected chi connectivity index (χ4v) is 5.64. The summed E-state index contributed by atoms with van der Waals surface area (Å²) in [5.74, 6) is -1.58. The van der Waals surface area contributed by atoms with Crippen LogP contribution in [0.15, 0.2) is 54.6 Å². The molecule has 3 aromatic rings. The molecule has 0 unspecified atom stereocenters. The molecule has 182 valence electrons. The second kappa shape index (κ2) is 10.7. The van der Waals surface area contributed by atoms with Gasteiger partial charge in [0.15, 0.2) is 0 Å². The van der Waals surface area contributed by atoms with E-state index in [2.05, 4.69) is 0 Å². The highest BCUT2D eigenvalue weighted by Gasteiger charge is 2.31. The number of benzene rings is 2. The number of carbonyl (C=O) groups excluding carboxylic acids is 1. The first kappa shape index (κ1) is 25.0. The molecular weight excluding hydrogens is 511 g/mol. The Bertz CT molecular complexity index is 1260. The van der Waals surface area contributed by atoms with E-state index in [0.717, 1.165) is 21.8 Å². The maximum absolute atomic E-state index is 13.7. The quantitative estimate of drug-likeness (QED) is 0.379. The Hall–Kier alpha value is -3.07. The maximum atomic E-state index is 13.7. The number of likely N-dealkylation sites (tertiary alicyclic amines) is 1. The molecule has 2 N–H and O–H groups in total. The topological polar surface area (TPSA) is 98.2 Å². The van der Waals surface area contributed by atoms with Crippen molar-refractivity contribution < 1.29 is 24.6 Å². The highest BCUT2D eigenvalue weighted by Crippen LogP contribution is 2.39. The van der Waals surface area contributed by atoms with Crippen LogP contribution in [0.5, 0.6) is 0 Å². The Morgan fingerprint density at radius 3 is 2.29 bits per heavy atom. The summed E-state index contributed by atoms with van der Waals surface area (Å²) in [6, 6.07) is 15.6. The van der Waals surface area contributed by atoms with Crippen LogP contribution in [0, 0.1) is 5.92 Å². The monoisotopic (exact) mass is 532 g/mol. The summed E-state index contributed by atoms with van der Waals surface area (Å²) in [5, 5.41) is 19.8. The second-order valence-electron chi connectivity index (χ2n) is 8.25. The lowest BCUT2D eigenvalue weighted by Crippen LogP contribution is -2.43. The molecule has 0 atom stereocenters. The molecule has 0 spiro atoms. The van der Waals surface area contributed by atoms with Gasteiger partial charge in [-0.05, 0) is 48.6 Å². The molecule has 0 radical (unpaired) electrons. The van der Waals surface area contributed by atoms with E-state index in [1.54, 1.807) is 12.1 Å². The lowest BCUT2D eigenvalue weighted by atomic mass is 9.95. The number of carbonyl (C=O) groups is 3. The first-order valence-electron chi connectivity index (χ1n) is 10.9. The molecule has 0 bridgehead atoms. The zero-order valence-corrected chi connectivity index (χ0v) is 20.8. The zero-order chi connectivity index (χ0) is 25.1. The van der Waals surface area contributed by atoms with Crippen LogP contribution in [-0.4, -0.2) is 52.7 Å². The van der Waals surface area contributed by atoms with Crippen molar-refractivity contribution >= 4 is 58.2 Å². The van der Waals surface area contributed by atoms with Gasteiger partial charge < -0.3 is 20.0 Å². The number of carboxylic acid groups (broad SMARTS) is 2. The van der Waals surface area contributed by atoms with E-state index in [1.165, 1.54) is 21.9 Å². The van der Waals surface area contributed by atoms with Gasteiger partial charge in [0, 0.05) is 29.5 Å². The van der Waals surface area contributed by atoms with E-state index >= 15 is 0 Å². The number of thiophene rings is 1.